The van der Waals surface area contributed by atoms with Crippen molar-refractivity contribution < 1.29 is 18.8 Å². The summed E-state index contributed by atoms with van der Waals surface area (Å²) >= 11 is 5.82. The number of rotatable bonds is 3. The molecule has 0 fully saturated rings. The number of hydrogen-bond donors (Lipinski definition) is 1. The number of hydrogen-bond acceptors (Lipinski definition) is 4. The van der Waals surface area contributed by atoms with Gasteiger partial charge in [0, 0.05) is 10.6 Å². The number of halogens is 2. The van der Waals surface area contributed by atoms with Crippen LogP contribution in [0.5, 0.6) is 0 Å². The predicted octanol–water partition coefficient (Wildman–Crippen LogP) is 3.89. The summed E-state index contributed by atoms with van der Waals surface area (Å²) in [6.45, 7) is 0. The Hall–Kier alpha value is -2.73. The van der Waals surface area contributed by atoms with Crippen molar-refractivity contribution in [1.82, 2.24) is 10.1 Å². The molecular weight excluding hydrogens is 311 g/mol. The Morgan fingerprint density at radius 1 is 1.23 bits per heavy atom. The summed E-state index contributed by atoms with van der Waals surface area (Å²) in [5, 5.41) is 13.1. The lowest BCUT2D eigenvalue weighted by Crippen LogP contribution is -1.96. The summed E-state index contributed by atoms with van der Waals surface area (Å²) in [7, 11) is 0. The van der Waals surface area contributed by atoms with Crippen molar-refractivity contribution in [2.45, 2.75) is 0 Å². The molecule has 5 nitrogen and oxygen atoms in total. The van der Waals surface area contributed by atoms with Crippen LogP contribution in [-0.4, -0.2) is 21.2 Å². The van der Waals surface area contributed by atoms with Crippen LogP contribution < -0.4 is 0 Å². The van der Waals surface area contributed by atoms with E-state index in [-0.39, 0.29) is 22.8 Å². The fourth-order valence-corrected chi connectivity index (χ4v) is 2.07. The molecule has 7 heteroatoms. The zero-order valence-corrected chi connectivity index (χ0v) is 11.7. The van der Waals surface area contributed by atoms with Crippen molar-refractivity contribution in [2.75, 3.05) is 0 Å². The van der Waals surface area contributed by atoms with Crippen molar-refractivity contribution in [3.8, 4) is 22.8 Å². The van der Waals surface area contributed by atoms with Gasteiger partial charge in [0.05, 0.1) is 11.1 Å². The average Bonchev–Trinajstić information content (AvgIpc) is 2.99. The van der Waals surface area contributed by atoms with Crippen LogP contribution in [0.4, 0.5) is 4.39 Å². The minimum absolute atomic E-state index is 0.0317. The Kier molecular flexibility index (Phi) is 3.60. The molecule has 3 rings (SSSR count). The first-order valence-corrected chi connectivity index (χ1v) is 6.55. The largest absolute Gasteiger partial charge is 0.478 e. The quantitative estimate of drug-likeness (QED) is 0.792. The molecule has 1 heterocycles. The molecule has 0 amide bonds. The van der Waals surface area contributed by atoms with Gasteiger partial charge in [-0.25, -0.2) is 9.18 Å². The smallest absolute Gasteiger partial charge is 0.335 e. The molecule has 1 N–H and O–H groups in total. The molecule has 0 atom stereocenters. The highest BCUT2D eigenvalue weighted by Gasteiger charge is 2.15. The second-order valence-corrected chi connectivity index (χ2v) is 4.87. The van der Waals surface area contributed by atoms with Gasteiger partial charge in [0.1, 0.15) is 5.82 Å². The van der Waals surface area contributed by atoms with Crippen LogP contribution in [0.2, 0.25) is 5.02 Å². The van der Waals surface area contributed by atoms with Gasteiger partial charge in [-0.05, 0) is 30.3 Å². The number of aromatic nitrogens is 2. The third-order valence-corrected chi connectivity index (χ3v) is 3.19. The molecular formula is C15H8ClFN2O3. The summed E-state index contributed by atoms with van der Waals surface area (Å²) < 4.78 is 18.8. The van der Waals surface area contributed by atoms with Crippen LogP contribution in [0.15, 0.2) is 47.0 Å². The van der Waals surface area contributed by atoms with Crippen molar-refractivity contribution in [3.05, 3.63) is 58.9 Å². The van der Waals surface area contributed by atoms with Gasteiger partial charge in [0.2, 0.25) is 5.82 Å². The van der Waals surface area contributed by atoms with Crippen LogP contribution in [0.25, 0.3) is 22.8 Å². The molecule has 0 radical (unpaired) electrons. The average molecular weight is 319 g/mol. The molecule has 0 aliphatic carbocycles. The second-order valence-electron chi connectivity index (χ2n) is 4.43. The summed E-state index contributed by atoms with van der Waals surface area (Å²) in [5.74, 6) is -1.47. The molecule has 1 aromatic heterocycles. The van der Waals surface area contributed by atoms with E-state index in [1.807, 2.05) is 0 Å². The van der Waals surface area contributed by atoms with Crippen molar-refractivity contribution in [1.29, 1.82) is 0 Å². The third-order valence-electron chi connectivity index (χ3n) is 2.95. The summed E-state index contributed by atoms with van der Waals surface area (Å²) in [6.07, 6.45) is 0. The zero-order valence-electron chi connectivity index (χ0n) is 11.0. The maximum atomic E-state index is 13.8. The second kappa shape index (κ2) is 5.57. The topological polar surface area (TPSA) is 76.2 Å². The molecule has 0 aliphatic heterocycles. The van der Waals surface area contributed by atoms with E-state index in [1.54, 1.807) is 12.1 Å². The van der Waals surface area contributed by atoms with E-state index in [0.29, 0.717) is 10.6 Å². The van der Waals surface area contributed by atoms with Gasteiger partial charge in [0.25, 0.3) is 5.89 Å². The van der Waals surface area contributed by atoms with E-state index < -0.39 is 11.8 Å². The zero-order chi connectivity index (χ0) is 15.7. The van der Waals surface area contributed by atoms with E-state index in [0.717, 1.165) is 0 Å². The highest BCUT2D eigenvalue weighted by atomic mass is 35.5. The highest BCUT2D eigenvalue weighted by Crippen LogP contribution is 2.27. The first-order chi connectivity index (χ1) is 10.5. The van der Waals surface area contributed by atoms with Crippen LogP contribution >= 0.6 is 11.6 Å². The fraction of sp³-hybridized carbons (Fsp3) is 0. The number of aromatic carboxylic acids is 1. The van der Waals surface area contributed by atoms with Gasteiger partial charge in [-0.15, -0.1) is 0 Å². The molecule has 3 aromatic rings. The standard InChI is InChI=1S/C15H8ClFN2O3/c16-10-4-5-12(17)11(7-10)14-18-13(19-22-14)8-2-1-3-9(6-8)15(20)21/h1-7H,(H,20,21). The molecule has 2 aromatic carbocycles. The minimum Gasteiger partial charge on any atom is -0.478 e. The Morgan fingerprint density at radius 3 is 2.82 bits per heavy atom. The van der Waals surface area contributed by atoms with E-state index in [4.69, 9.17) is 21.2 Å². The van der Waals surface area contributed by atoms with Crippen LogP contribution in [0.1, 0.15) is 10.4 Å². The Bertz CT molecular complexity index is 863. The predicted molar refractivity (Wildman–Crippen MR) is 77.1 cm³/mol. The molecule has 110 valence electrons. The number of carbonyl (C=O) groups is 1. The lowest BCUT2D eigenvalue weighted by atomic mass is 10.1. The van der Waals surface area contributed by atoms with E-state index in [2.05, 4.69) is 10.1 Å². The fourth-order valence-electron chi connectivity index (χ4n) is 1.90. The molecule has 0 unspecified atom stereocenters. The third kappa shape index (κ3) is 2.68. The summed E-state index contributed by atoms with van der Waals surface area (Å²) in [6, 6.07) is 10.0. The summed E-state index contributed by atoms with van der Waals surface area (Å²) in [4.78, 5) is 15.0. The maximum absolute atomic E-state index is 13.8. The maximum Gasteiger partial charge on any atom is 0.335 e. The van der Waals surface area contributed by atoms with Gasteiger partial charge >= 0.3 is 5.97 Å². The lowest BCUT2D eigenvalue weighted by Gasteiger charge is -1.98. The number of nitrogens with zero attached hydrogens (tertiary/aromatic N) is 2. The highest BCUT2D eigenvalue weighted by molar-refractivity contribution is 6.30. The van der Waals surface area contributed by atoms with Gasteiger partial charge in [-0.1, -0.05) is 28.9 Å². The van der Waals surface area contributed by atoms with Crippen LogP contribution in [-0.2, 0) is 0 Å². The Balaban J connectivity index is 2.02. The van der Waals surface area contributed by atoms with Gasteiger partial charge < -0.3 is 9.63 Å². The monoisotopic (exact) mass is 318 g/mol. The Morgan fingerprint density at radius 2 is 2.05 bits per heavy atom. The van der Waals surface area contributed by atoms with Gasteiger partial charge in [-0.3, -0.25) is 0 Å². The number of carboxylic acids is 1. The summed E-state index contributed by atoms with van der Waals surface area (Å²) in [5.41, 5.74) is 0.635. The van der Waals surface area contributed by atoms with Gasteiger partial charge in [-0.2, -0.15) is 4.98 Å². The normalized spacial score (nSPS) is 10.6. The lowest BCUT2D eigenvalue weighted by molar-refractivity contribution is 0.0697. The van der Waals surface area contributed by atoms with Crippen molar-refractivity contribution >= 4 is 17.6 Å². The van der Waals surface area contributed by atoms with Crippen LogP contribution in [0, 0.1) is 5.82 Å². The van der Waals surface area contributed by atoms with Crippen molar-refractivity contribution in [3.63, 3.8) is 0 Å². The molecule has 22 heavy (non-hydrogen) atoms. The molecule has 0 saturated carbocycles. The van der Waals surface area contributed by atoms with Gasteiger partial charge in [0.15, 0.2) is 0 Å². The van der Waals surface area contributed by atoms with E-state index in [1.165, 1.54) is 30.3 Å². The Labute approximate surface area is 129 Å². The number of benzene rings is 2. The first-order valence-electron chi connectivity index (χ1n) is 6.17. The molecule has 0 aliphatic rings. The molecule has 0 bridgehead atoms. The SMILES string of the molecule is O=C(O)c1cccc(-c2noc(-c3cc(Cl)ccc3F)n2)c1. The molecule has 0 spiro atoms. The molecule has 0 saturated heterocycles. The number of carboxylic acid groups (broad SMARTS) is 1. The first kappa shape index (κ1) is 14.2. The van der Waals surface area contributed by atoms with Crippen molar-refractivity contribution in [2.24, 2.45) is 0 Å². The van der Waals surface area contributed by atoms with Crippen LogP contribution in [0.3, 0.4) is 0 Å². The minimum atomic E-state index is -1.06. The van der Waals surface area contributed by atoms with E-state index in [9.17, 15) is 9.18 Å². The van der Waals surface area contributed by atoms with E-state index >= 15 is 0 Å².